The second kappa shape index (κ2) is 8.63. The number of ether oxygens (including phenoxy) is 1. The lowest BCUT2D eigenvalue weighted by Gasteiger charge is -2.14. The molecule has 0 radical (unpaired) electrons. The van der Waals surface area contributed by atoms with Crippen molar-refractivity contribution in [3.63, 3.8) is 0 Å². The number of rotatable bonds is 6. The van der Waals surface area contributed by atoms with Crippen molar-refractivity contribution < 1.29 is 19.4 Å². The van der Waals surface area contributed by atoms with Gasteiger partial charge in [-0.1, -0.05) is 60.7 Å². The summed E-state index contributed by atoms with van der Waals surface area (Å²) in [5.41, 5.74) is 5.80. The zero-order chi connectivity index (χ0) is 22.8. The molecular weight excluding hydrogens is 418 g/mol. The standard InChI is InChI=1S/C26H21N3O4/c30-25(31)18-11-9-17(10-12-18)15-29-14-13-24(28-29)27-26(32)33-16-23-21-7-3-1-5-19(21)20-6-2-4-8-22(20)23/h1-14,23H,15-16H2,(H,30,31)(H,27,28,32). The van der Waals surface area contributed by atoms with Crippen LogP contribution in [0.4, 0.5) is 10.6 Å². The molecule has 164 valence electrons. The Kier molecular flexibility index (Phi) is 5.36. The van der Waals surface area contributed by atoms with Crippen molar-refractivity contribution in [2.45, 2.75) is 12.5 Å². The molecule has 1 aliphatic carbocycles. The summed E-state index contributed by atoms with van der Waals surface area (Å²) in [4.78, 5) is 23.4. The molecule has 0 spiro atoms. The predicted octanol–water partition coefficient (Wildman–Crippen LogP) is 4.99. The van der Waals surface area contributed by atoms with Crippen LogP contribution in [0.5, 0.6) is 0 Å². The largest absolute Gasteiger partial charge is 0.478 e. The molecule has 3 aromatic carbocycles. The Morgan fingerprint density at radius 3 is 2.18 bits per heavy atom. The number of nitrogens with one attached hydrogen (secondary N) is 1. The molecule has 1 amide bonds. The third kappa shape index (κ3) is 4.21. The number of hydrogen-bond donors (Lipinski definition) is 2. The first-order valence-electron chi connectivity index (χ1n) is 10.6. The number of carboxylic acid groups (broad SMARTS) is 1. The molecule has 0 atom stereocenters. The molecule has 0 bridgehead atoms. The van der Waals surface area contributed by atoms with Crippen LogP contribution in [0.15, 0.2) is 85.1 Å². The maximum atomic E-state index is 12.4. The van der Waals surface area contributed by atoms with Gasteiger partial charge in [0.05, 0.1) is 12.1 Å². The number of carbonyl (C=O) groups excluding carboxylic acids is 1. The van der Waals surface area contributed by atoms with Crippen molar-refractivity contribution in [1.82, 2.24) is 9.78 Å². The molecule has 0 fully saturated rings. The lowest BCUT2D eigenvalue weighted by atomic mass is 9.98. The molecule has 7 heteroatoms. The number of carbonyl (C=O) groups is 2. The van der Waals surface area contributed by atoms with Crippen LogP contribution in [0.2, 0.25) is 0 Å². The number of carboxylic acids is 1. The number of amides is 1. The third-order valence-electron chi connectivity index (χ3n) is 5.76. The highest BCUT2D eigenvalue weighted by Gasteiger charge is 2.29. The topological polar surface area (TPSA) is 93.5 Å². The minimum absolute atomic E-state index is 0.00511. The normalized spacial score (nSPS) is 12.1. The molecule has 5 rings (SSSR count). The summed E-state index contributed by atoms with van der Waals surface area (Å²) in [5, 5.41) is 16.0. The smallest absolute Gasteiger partial charge is 0.412 e. The molecule has 0 aliphatic heterocycles. The Labute approximate surface area is 190 Å². The van der Waals surface area contributed by atoms with Crippen LogP contribution in [0.1, 0.15) is 33.0 Å². The Hall–Kier alpha value is -4.39. The Morgan fingerprint density at radius 1 is 0.909 bits per heavy atom. The second-order valence-electron chi connectivity index (χ2n) is 7.85. The van der Waals surface area contributed by atoms with E-state index in [2.05, 4.69) is 34.7 Å². The van der Waals surface area contributed by atoms with Gasteiger partial charge in [-0.05, 0) is 39.9 Å². The van der Waals surface area contributed by atoms with E-state index < -0.39 is 12.1 Å². The maximum Gasteiger partial charge on any atom is 0.412 e. The summed E-state index contributed by atoms with van der Waals surface area (Å²) in [6, 6.07) is 24.6. The van der Waals surface area contributed by atoms with Gasteiger partial charge in [0.2, 0.25) is 0 Å². The van der Waals surface area contributed by atoms with E-state index in [1.54, 1.807) is 41.2 Å². The van der Waals surface area contributed by atoms with Gasteiger partial charge in [0.25, 0.3) is 0 Å². The minimum Gasteiger partial charge on any atom is -0.478 e. The second-order valence-corrected chi connectivity index (χ2v) is 7.85. The van der Waals surface area contributed by atoms with E-state index in [0.29, 0.717) is 12.4 Å². The summed E-state index contributed by atoms with van der Waals surface area (Å²) in [6.07, 6.45) is 1.18. The first kappa shape index (κ1) is 20.5. The molecule has 0 saturated carbocycles. The summed E-state index contributed by atoms with van der Waals surface area (Å²) < 4.78 is 7.21. The van der Waals surface area contributed by atoms with Crippen LogP contribution in [0.25, 0.3) is 11.1 Å². The van der Waals surface area contributed by atoms with Gasteiger partial charge in [-0.3, -0.25) is 10.00 Å². The fraction of sp³-hybridized carbons (Fsp3) is 0.115. The molecule has 1 aromatic heterocycles. The predicted molar refractivity (Wildman–Crippen MR) is 123 cm³/mol. The van der Waals surface area contributed by atoms with Crippen LogP contribution in [-0.2, 0) is 11.3 Å². The van der Waals surface area contributed by atoms with Crippen molar-refractivity contribution >= 4 is 17.9 Å². The molecule has 0 unspecified atom stereocenters. The quantitative estimate of drug-likeness (QED) is 0.441. The van der Waals surface area contributed by atoms with Gasteiger partial charge in [0.15, 0.2) is 5.82 Å². The van der Waals surface area contributed by atoms with Crippen molar-refractivity contribution in [2.75, 3.05) is 11.9 Å². The number of hydrogen-bond acceptors (Lipinski definition) is 4. The van der Waals surface area contributed by atoms with E-state index in [-0.39, 0.29) is 18.1 Å². The van der Waals surface area contributed by atoms with Crippen LogP contribution >= 0.6 is 0 Å². The van der Waals surface area contributed by atoms with Gasteiger partial charge in [-0.15, -0.1) is 0 Å². The van der Waals surface area contributed by atoms with E-state index in [0.717, 1.165) is 16.7 Å². The fourth-order valence-corrected chi connectivity index (χ4v) is 4.20. The Balaban J connectivity index is 1.20. The number of fused-ring (bicyclic) bond motifs is 3. The zero-order valence-electron chi connectivity index (χ0n) is 17.6. The van der Waals surface area contributed by atoms with Crippen LogP contribution in [0.3, 0.4) is 0 Å². The minimum atomic E-state index is -0.963. The van der Waals surface area contributed by atoms with Gasteiger partial charge >= 0.3 is 12.1 Å². The Morgan fingerprint density at radius 2 is 1.55 bits per heavy atom. The van der Waals surface area contributed by atoms with E-state index in [1.165, 1.54) is 11.1 Å². The first-order chi connectivity index (χ1) is 16.1. The lowest BCUT2D eigenvalue weighted by molar-refractivity contribution is 0.0696. The Bertz CT molecular complexity index is 1280. The molecule has 1 aliphatic rings. The molecule has 1 heterocycles. The van der Waals surface area contributed by atoms with Gasteiger partial charge < -0.3 is 9.84 Å². The average Bonchev–Trinajstić information content (AvgIpc) is 3.40. The monoisotopic (exact) mass is 439 g/mol. The van der Waals surface area contributed by atoms with Gasteiger partial charge in [-0.2, -0.15) is 5.10 Å². The van der Waals surface area contributed by atoms with E-state index >= 15 is 0 Å². The number of aromatic nitrogens is 2. The highest BCUT2D eigenvalue weighted by molar-refractivity contribution is 5.87. The van der Waals surface area contributed by atoms with Crippen LogP contribution in [0, 0.1) is 0 Å². The van der Waals surface area contributed by atoms with Crippen LogP contribution in [-0.4, -0.2) is 33.6 Å². The van der Waals surface area contributed by atoms with Crippen molar-refractivity contribution in [2.24, 2.45) is 0 Å². The fourth-order valence-electron chi connectivity index (χ4n) is 4.20. The molecule has 33 heavy (non-hydrogen) atoms. The van der Waals surface area contributed by atoms with Gasteiger partial charge in [0, 0.05) is 18.2 Å². The molecule has 7 nitrogen and oxygen atoms in total. The van der Waals surface area contributed by atoms with Gasteiger partial charge in [0.1, 0.15) is 6.61 Å². The highest BCUT2D eigenvalue weighted by Crippen LogP contribution is 2.44. The van der Waals surface area contributed by atoms with Crippen LogP contribution < -0.4 is 5.32 Å². The number of anilines is 1. The summed E-state index contributed by atoms with van der Waals surface area (Å²) in [6.45, 7) is 0.683. The molecule has 4 aromatic rings. The maximum absolute atomic E-state index is 12.4. The number of aromatic carboxylic acids is 1. The lowest BCUT2D eigenvalue weighted by Crippen LogP contribution is -2.18. The van der Waals surface area contributed by atoms with Gasteiger partial charge in [-0.25, -0.2) is 9.59 Å². The van der Waals surface area contributed by atoms with E-state index in [4.69, 9.17) is 9.84 Å². The zero-order valence-corrected chi connectivity index (χ0v) is 17.6. The van der Waals surface area contributed by atoms with Crippen molar-refractivity contribution in [3.8, 4) is 11.1 Å². The first-order valence-corrected chi connectivity index (χ1v) is 10.6. The SMILES string of the molecule is O=C(Nc1ccn(Cc2ccc(C(=O)O)cc2)n1)OCC1c2ccccc2-c2ccccc21. The van der Waals surface area contributed by atoms with E-state index in [9.17, 15) is 9.59 Å². The van der Waals surface area contributed by atoms with Crippen molar-refractivity contribution in [1.29, 1.82) is 0 Å². The average molecular weight is 439 g/mol. The number of benzene rings is 3. The van der Waals surface area contributed by atoms with Crippen molar-refractivity contribution in [3.05, 3.63) is 107 Å². The highest BCUT2D eigenvalue weighted by atomic mass is 16.5. The number of nitrogens with zero attached hydrogens (tertiary/aromatic N) is 2. The van der Waals surface area contributed by atoms with E-state index in [1.807, 2.05) is 24.3 Å². The molecule has 2 N–H and O–H groups in total. The summed E-state index contributed by atoms with van der Waals surface area (Å²) in [7, 11) is 0. The summed E-state index contributed by atoms with van der Waals surface area (Å²) >= 11 is 0. The molecular formula is C26H21N3O4. The molecule has 0 saturated heterocycles. The third-order valence-corrected chi connectivity index (χ3v) is 5.76. The summed E-state index contributed by atoms with van der Waals surface area (Å²) in [5.74, 6) is -0.584.